The Bertz CT molecular complexity index is 1130. The molecule has 2 N–H and O–H groups in total. The fourth-order valence-electron chi connectivity index (χ4n) is 4.82. The van der Waals surface area contributed by atoms with Gasteiger partial charge in [-0.3, -0.25) is 9.69 Å². The normalized spacial score (nSPS) is 19.0. The molecule has 1 aliphatic carbocycles. The van der Waals surface area contributed by atoms with E-state index in [2.05, 4.69) is 23.2 Å². The summed E-state index contributed by atoms with van der Waals surface area (Å²) in [4.78, 5) is 19.4. The van der Waals surface area contributed by atoms with Crippen molar-refractivity contribution in [1.29, 1.82) is 0 Å². The second kappa shape index (κ2) is 8.54. The number of phenolic OH excluding ortho intramolecular Hbond substituents is 1. The van der Waals surface area contributed by atoms with Crippen molar-refractivity contribution in [3.05, 3.63) is 58.5 Å². The van der Waals surface area contributed by atoms with E-state index in [1.807, 2.05) is 23.6 Å². The molecule has 1 saturated heterocycles. The number of nitrogens with zero attached hydrogens (tertiary/aromatic N) is 4. The van der Waals surface area contributed by atoms with E-state index < -0.39 is 0 Å². The number of hydrogen-bond acceptors (Lipinski definition) is 5. The Morgan fingerprint density at radius 2 is 1.97 bits per heavy atom. The number of aromatic hydroxyl groups is 1. The summed E-state index contributed by atoms with van der Waals surface area (Å²) in [6.45, 7) is 5.98. The van der Waals surface area contributed by atoms with Crippen LogP contribution in [0.4, 0.5) is 0 Å². The van der Waals surface area contributed by atoms with Crippen molar-refractivity contribution in [2.24, 2.45) is 0 Å². The van der Waals surface area contributed by atoms with Crippen LogP contribution in [-0.4, -0.2) is 43.1 Å². The Morgan fingerprint density at radius 1 is 1.19 bits per heavy atom. The molecular weight excluding hydrogens is 402 g/mol. The quantitative estimate of drug-likeness (QED) is 0.595. The number of amides is 1. The number of nitrogens with one attached hydrogen (secondary N) is 1. The lowest BCUT2D eigenvalue weighted by Gasteiger charge is -2.23. The van der Waals surface area contributed by atoms with E-state index in [1.165, 1.54) is 5.56 Å². The highest BCUT2D eigenvalue weighted by atomic mass is 16.3. The predicted molar refractivity (Wildman–Crippen MR) is 122 cm³/mol. The summed E-state index contributed by atoms with van der Waals surface area (Å²) in [6, 6.07) is 10.2. The number of benzene rings is 1. The summed E-state index contributed by atoms with van der Waals surface area (Å²) in [6.07, 6.45) is 5.61. The molecule has 3 aromatic rings. The molecular formula is C25H31N5O2. The van der Waals surface area contributed by atoms with Crippen molar-refractivity contribution in [2.45, 2.75) is 71.0 Å². The highest BCUT2D eigenvalue weighted by Gasteiger charge is 2.29. The fourth-order valence-corrected chi connectivity index (χ4v) is 4.82. The topological polar surface area (TPSA) is 82.8 Å². The maximum Gasteiger partial charge on any atom is 0.220 e. The molecule has 3 heterocycles. The molecule has 0 radical (unpaired) electrons. The van der Waals surface area contributed by atoms with Gasteiger partial charge in [0.2, 0.25) is 5.91 Å². The van der Waals surface area contributed by atoms with Gasteiger partial charge in [0.05, 0.1) is 11.7 Å². The Morgan fingerprint density at radius 3 is 2.72 bits per heavy atom. The van der Waals surface area contributed by atoms with E-state index in [-0.39, 0.29) is 11.9 Å². The van der Waals surface area contributed by atoms with Gasteiger partial charge in [-0.05, 0) is 75.8 Å². The summed E-state index contributed by atoms with van der Waals surface area (Å²) < 4.78 is 1.95. The lowest BCUT2D eigenvalue weighted by atomic mass is 10.1. The molecule has 32 heavy (non-hydrogen) atoms. The molecule has 2 fully saturated rings. The van der Waals surface area contributed by atoms with E-state index in [4.69, 9.17) is 10.1 Å². The zero-order valence-corrected chi connectivity index (χ0v) is 18.8. The number of carbonyl (C=O) groups excluding carboxylic acids is 1. The number of hydrogen-bond donors (Lipinski definition) is 2. The fraction of sp³-hybridized carbons (Fsp3) is 0.480. The molecule has 2 aliphatic rings. The van der Waals surface area contributed by atoms with Gasteiger partial charge >= 0.3 is 0 Å². The summed E-state index contributed by atoms with van der Waals surface area (Å²) in [5.41, 5.74) is 6.28. The molecule has 1 aliphatic heterocycles. The number of carbonyl (C=O) groups is 1. The summed E-state index contributed by atoms with van der Waals surface area (Å²) in [7, 11) is 0. The second-order valence-corrected chi connectivity index (χ2v) is 9.24. The van der Waals surface area contributed by atoms with Gasteiger partial charge in [0.1, 0.15) is 5.75 Å². The number of aromatic nitrogens is 3. The lowest BCUT2D eigenvalue weighted by Crippen LogP contribution is -2.25. The van der Waals surface area contributed by atoms with Gasteiger partial charge in [0.25, 0.3) is 0 Å². The van der Waals surface area contributed by atoms with Crippen LogP contribution in [0.5, 0.6) is 5.75 Å². The Labute approximate surface area is 188 Å². The molecule has 7 nitrogen and oxygen atoms in total. The molecule has 1 saturated carbocycles. The summed E-state index contributed by atoms with van der Waals surface area (Å²) >= 11 is 0. The SMILES string of the molecule is Cc1nc2cc([C@H]3CCCN3Cc3ccc(O)cc3)nn2c(C)c1CCC(=O)NC1CC1. The molecule has 0 bridgehead atoms. The zero-order chi connectivity index (χ0) is 22.2. The molecule has 1 amide bonds. The second-order valence-electron chi connectivity index (χ2n) is 9.24. The van der Waals surface area contributed by atoms with Crippen molar-refractivity contribution in [2.75, 3.05) is 6.54 Å². The van der Waals surface area contributed by atoms with Crippen molar-refractivity contribution >= 4 is 11.6 Å². The van der Waals surface area contributed by atoms with Crippen LogP contribution in [0.25, 0.3) is 5.65 Å². The minimum absolute atomic E-state index is 0.128. The smallest absolute Gasteiger partial charge is 0.220 e. The lowest BCUT2D eigenvalue weighted by molar-refractivity contribution is -0.121. The standard InChI is InChI=1S/C25H31N5O2/c1-16-21(11-12-25(32)27-19-7-8-19)17(2)30-24(26-16)14-22(28-30)23-4-3-13-29(23)15-18-5-9-20(31)10-6-18/h5-6,9-10,14,19,23,31H,3-4,7-8,11-13,15H2,1-2H3,(H,27,32)/t23-/m1/s1. The third-order valence-electron chi connectivity index (χ3n) is 6.75. The Kier molecular flexibility index (Phi) is 5.59. The molecule has 0 unspecified atom stereocenters. The predicted octanol–water partition coefficient (Wildman–Crippen LogP) is 3.60. The number of aryl methyl sites for hydroxylation is 2. The van der Waals surface area contributed by atoms with Crippen LogP contribution in [0.1, 0.15) is 66.4 Å². The van der Waals surface area contributed by atoms with Gasteiger partial charge in [0.15, 0.2) is 5.65 Å². The molecule has 7 heteroatoms. The maximum absolute atomic E-state index is 12.2. The number of phenols is 1. The van der Waals surface area contributed by atoms with Crippen LogP contribution < -0.4 is 5.32 Å². The van der Waals surface area contributed by atoms with Crippen LogP contribution in [0, 0.1) is 13.8 Å². The summed E-state index contributed by atoms with van der Waals surface area (Å²) in [5, 5.41) is 17.6. The Hall–Kier alpha value is -2.93. The molecule has 2 aromatic heterocycles. The molecule has 168 valence electrons. The van der Waals surface area contributed by atoms with E-state index in [1.54, 1.807) is 12.1 Å². The number of fused-ring (bicyclic) bond motifs is 1. The minimum atomic E-state index is 0.128. The van der Waals surface area contributed by atoms with Gasteiger partial charge in [-0.15, -0.1) is 0 Å². The highest BCUT2D eigenvalue weighted by molar-refractivity contribution is 5.76. The van der Waals surface area contributed by atoms with Gasteiger partial charge in [-0.2, -0.15) is 5.10 Å². The van der Waals surface area contributed by atoms with E-state index >= 15 is 0 Å². The Balaban J connectivity index is 1.35. The van der Waals surface area contributed by atoms with Gasteiger partial charge in [0, 0.05) is 36.5 Å². The van der Waals surface area contributed by atoms with Gasteiger partial charge < -0.3 is 10.4 Å². The molecule has 0 spiro atoms. The van der Waals surface area contributed by atoms with Crippen LogP contribution >= 0.6 is 0 Å². The first-order valence-electron chi connectivity index (χ1n) is 11.6. The summed E-state index contributed by atoms with van der Waals surface area (Å²) in [5.74, 6) is 0.424. The first kappa shape index (κ1) is 20.9. The molecule has 1 atom stereocenters. The molecule has 1 aromatic carbocycles. The van der Waals surface area contributed by atoms with E-state index in [0.29, 0.717) is 24.6 Å². The molecule has 5 rings (SSSR count). The third kappa shape index (κ3) is 4.35. The zero-order valence-electron chi connectivity index (χ0n) is 18.8. The number of likely N-dealkylation sites (tertiary alicyclic amines) is 1. The van der Waals surface area contributed by atoms with Gasteiger partial charge in [-0.25, -0.2) is 9.50 Å². The van der Waals surface area contributed by atoms with E-state index in [0.717, 1.165) is 67.1 Å². The van der Waals surface area contributed by atoms with Crippen LogP contribution in [0.2, 0.25) is 0 Å². The number of rotatable bonds is 7. The monoisotopic (exact) mass is 433 g/mol. The van der Waals surface area contributed by atoms with Crippen LogP contribution in [0.3, 0.4) is 0 Å². The average molecular weight is 434 g/mol. The highest BCUT2D eigenvalue weighted by Crippen LogP contribution is 2.33. The van der Waals surface area contributed by atoms with Crippen LogP contribution in [-0.2, 0) is 17.8 Å². The average Bonchev–Trinajstić information content (AvgIpc) is 3.28. The van der Waals surface area contributed by atoms with Crippen LogP contribution in [0.15, 0.2) is 30.3 Å². The minimum Gasteiger partial charge on any atom is -0.508 e. The van der Waals surface area contributed by atoms with Crippen molar-refractivity contribution < 1.29 is 9.90 Å². The van der Waals surface area contributed by atoms with Crippen molar-refractivity contribution in [1.82, 2.24) is 24.8 Å². The van der Waals surface area contributed by atoms with Crippen molar-refractivity contribution in [3.63, 3.8) is 0 Å². The van der Waals surface area contributed by atoms with Gasteiger partial charge in [-0.1, -0.05) is 12.1 Å². The van der Waals surface area contributed by atoms with E-state index in [9.17, 15) is 9.90 Å². The first-order chi connectivity index (χ1) is 15.5. The third-order valence-corrected chi connectivity index (χ3v) is 6.75. The first-order valence-corrected chi connectivity index (χ1v) is 11.6. The largest absolute Gasteiger partial charge is 0.508 e. The maximum atomic E-state index is 12.2. The van der Waals surface area contributed by atoms with Crippen molar-refractivity contribution in [3.8, 4) is 5.75 Å².